The van der Waals surface area contributed by atoms with E-state index in [1.54, 1.807) is 44.0 Å². The lowest BCUT2D eigenvalue weighted by Crippen LogP contribution is -2.60. The molecule has 6 N–H and O–H groups in total. The van der Waals surface area contributed by atoms with Crippen LogP contribution in [0.4, 0.5) is 0 Å². The SMILES string of the molecule is CO[C@H]([C@@H](C)C(=O)N[C@@H](Cc1ccccc1)c1nccs1)[C@@H]1CCCN1C(=O)C[C@@H](OC)[C@H](C(C)C)N(C)C(=O)[C@@H](NC(=O)[C@H](C(C)C)N(C)C(=O)CNC(=O)[C@H](CCCCN)NC(C)=O)C(C)C. The molecule has 3 rings (SSSR count). The fraction of sp³-hybridized carbons (Fsp3) is 0.680. The van der Waals surface area contributed by atoms with Gasteiger partial charge >= 0.3 is 0 Å². The number of hydrogen-bond donors (Lipinski definition) is 5. The van der Waals surface area contributed by atoms with Gasteiger partial charge in [-0.05, 0) is 68.4 Å². The summed E-state index contributed by atoms with van der Waals surface area (Å²) in [4.78, 5) is 104. The predicted molar refractivity (Wildman–Crippen MR) is 266 cm³/mol. The third-order valence-electron chi connectivity index (χ3n) is 13.1. The van der Waals surface area contributed by atoms with E-state index in [1.165, 1.54) is 37.3 Å². The molecule has 0 radical (unpaired) electrons. The van der Waals surface area contributed by atoms with E-state index in [1.807, 2.05) is 70.3 Å². The number of hydrogen-bond acceptors (Lipinski definition) is 12. The van der Waals surface area contributed by atoms with E-state index >= 15 is 0 Å². The monoisotopic (exact) mass is 984 g/mol. The molecule has 1 aliphatic rings. The van der Waals surface area contributed by atoms with Crippen molar-refractivity contribution >= 4 is 52.7 Å². The van der Waals surface area contributed by atoms with Crippen LogP contribution >= 0.6 is 11.3 Å². The summed E-state index contributed by atoms with van der Waals surface area (Å²) in [6, 6.07) is 5.75. The molecule has 0 unspecified atom stereocenters. The van der Waals surface area contributed by atoms with Crippen LogP contribution in [0.5, 0.6) is 0 Å². The number of amides is 7. The molecule has 2 heterocycles. The molecule has 0 aliphatic carbocycles. The summed E-state index contributed by atoms with van der Waals surface area (Å²) in [6.45, 7) is 14.7. The Morgan fingerprint density at radius 1 is 0.855 bits per heavy atom. The Hall–Kier alpha value is -4.98. The number of likely N-dealkylation sites (N-methyl/N-ethyl adjacent to an activating group) is 2. The second-order valence-corrected chi connectivity index (χ2v) is 20.2. The molecule has 0 saturated carbocycles. The highest BCUT2D eigenvalue weighted by Crippen LogP contribution is 2.30. The van der Waals surface area contributed by atoms with Crippen molar-refractivity contribution in [2.75, 3.05) is 47.9 Å². The zero-order valence-electron chi connectivity index (χ0n) is 43.0. The number of thiazole rings is 1. The molecule has 1 aromatic carbocycles. The van der Waals surface area contributed by atoms with Gasteiger partial charge in [-0.1, -0.05) is 78.8 Å². The summed E-state index contributed by atoms with van der Waals surface area (Å²) >= 11 is 1.48. The van der Waals surface area contributed by atoms with E-state index in [0.717, 1.165) is 17.0 Å². The lowest BCUT2D eigenvalue weighted by molar-refractivity contribution is -0.148. The predicted octanol–water partition coefficient (Wildman–Crippen LogP) is 3.45. The maximum Gasteiger partial charge on any atom is 0.245 e. The van der Waals surface area contributed by atoms with Crippen molar-refractivity contribution < 1.29 is 43.0 Å². The highest BCUT2D eigenvalue weighted by molar-refractivity contribution is 7.09. The van der Waals surface area contributed by atoms with Crippen LogP contribution in [0.25, 0.3) is 0 Å². The van der Waals surface area contributed by atoms with Gasteiger partial charge in [0, 0.05) is 53.4 Å². The van der Waals surface area contributed by atoms with E-state index in [0.29, 0.717) is 45.2 Å². The fourth-order valence-electron chi connectivity index (χ4n) is 9.42. The zero-order valence-corrected chi connectivity index (χ0v) is 43.8. The fourth-order valence-corrected chi connectivity index (χ4v) is 10.1. The molecule has 0 spiro atoms. The number of nitrogens with one attached hydrogen (secondary N) is 4. The Morgan fingerprint density at radius 2 is 1.54 bits per heavy atom. The normalized spacial score (nSPS) is 17.3. The molecular formula is C50H81N9O9S. The maximum atomic E-state index is 14.5. The first-order valence-corrected chi connectivity index (χ1v) is 25.2. The summed E-state index contributed by atoms with van der Waals surface area (Å²) in [7, 11) is 6.19. The third-order valence-corrected chi connectivity index (χ3v) is 13.9. The van der Waals surface area contributed by atoms with Gasteiger partial charge in [0.2, 0.25) is 41.4 Å². The lowest BCUT2D eigenvalue weighted by atomic mass is 9.91. The van der Waals surface area contributed by atoms with E-state index in [-0.39, 0.29) is 54.0 Å². The van der Waals surface area contributed by atoms with E-state index in [4.69, 9.17) is 15.2 Å². The Bertz CT molecular complexity index is 1950. The number of nitrogens with zero attached hydrogens (tertiary/aromatic N) is 4. The van der Waals surface area contributed by atoms with Crippen molar-refractivity contribution in [1.82, 2.24) is 41.0 Å². The smallest absolute Gasteiger partial charge is 0.245 e. The van der Waals surface area contributed by atoms with Gasteiger partial charge in [0.15, 0.2) is 0 Å². The molecule has 0 bridgehead atoms. The molecular weight excluding hydrogens is 903 g/mol. The number of nitrogens with two attached hydrogens (primary N) is 1. The Kier molecular flexibility index (Phi) is 24.2. The first kappa shape index (κ1) is 58.3. The number of unbranched alkanes of at least 4 members (excludes halogenated alkanes) is 1. The van der Waals surface area contributed by atoms with Crippen LogP contribution < -0.4 is 27.0 Å². The van der Waals surface area contributed by atoms with Crippen LogP contribution in [-0.2, 0) is 49.5 Å². The molecule has 1 aliphatic heterocycles. The standard InChI is InChI=1S/C50H81N9O9S/c1-30(2)42(56-48(65)44(32(5)6)57(9)41(62)29-53-47(64)36(54-34(8)60)21-16-17-23-51)50(66)58(10)43(31(3)4)39(67-11)28-40(61)59-25-18-22-38(59)45(68-12)33(7)46(63)55-37(49-52-24-26-69-49)27-35-19-14-13-15-20-35/h13-15,19-20,24,26,30-33,36-39,42-45H,16-18,21-23,25,27-29,51H2,1-12H3,(H,53,64)(H,54,60)(H,55,63)(H,56,65)/t33-,36+,37+,38+,39-,42+,43+,44+,45-/m1/s1. The minimum absolute atomic E-state index is 0.0511. The highest BCUT2D eigenvalue weighted by Gasteiger charge is 2.43. The molecule has 1 saturated heterocycles. The number of carbonyl (C=O) groups excluding carboxylic acids is 7. The van der Waals surface area contributed by atoms with Gasteiger partial charge in [-0.25, -0.2) is 4.98 Å². The lowest BCUT2D eigenvalue weighted by Gasteiger charge is -2.40. The zero-order chi connectivity index (χ0) is 51.5. The molecule has 69 heavy (non-hydrogen) atoms. The molecule has 2 aromatic rings. The number of likely N-dealkylation sites (tertiary alicyclic amines) is 1. The Labute approximate surface area is 413 Å². The van der Waals surface area contributed by atoms with Gasteiger partial charge < -0.3 is 51.2 Å². The largest absolute Gasteiger partial charge is 0.379 e. The quantitative estimate of drug-likeness (QED) is 0.0775. The summed E-state index contributed by atoms with van der Waals surface area (Å²) < 4.78 is 12.1. The Morgan fingerprint density at radius 3 is 2.09 bits per heavy atom. The third kappa shape index (κ3) is 16.8. The van der Waals surface area contributed by atoms with Gasteiger partial charge in [-0.2, -0.15) is 0 Å². The molecule has 1 fully saturated rings. The number of carbonyl (C=O) groups is 7. The van der Waals surface area contributed by atoms with Crippen molar-refractivity contribution in [3.63, 3.8) is 0 Å². The first-order chi connectivity index (χ1) is 32.7. The van der Waals surface area contributed by atoms with E-state index < -0.39 is 72.5 Å². The Balaban J connectivity index is 1.74. The molecule has 386 valence electrons. The number of rotatable bonds is 28. The topological polar surface area (TPSA) is 235 Å². The van der Waals surface area contributed by atoms with Gasteiger partial charge in [0.25, 0.3) is 0 Å². The highest BCUT2D eigenvalue weighted by atomic mass is 32.1. The van der Waals surface area contributed by atoms with Crippen molar-refractivity contribution in [3.05, 3.63) is 52.5 Å². The van der Waals surface area contributed by atoms with E-state index in [9.17, 15) is 33.6 Å². The second-order valence-electron chi connectivity index (χ2n) is 19.2. The van der Waals surface area contributed by atoms with Crippen LogP contribution in [0.2, 0.25) is 0 Å². The first-order valence-electron chi connectivity index (χ1n) is 24.3. The number of methoxy groups -OCH3 is 2. The van der Waals surface area contributed by atoms with Crippen molar-refractivity contribution in [3.8, 4) is 0 Å². The number of ether oxygens (including phenoxy) is 2. The van der Waals surface area contributed by atoms with Crippen molar-refractivity contribution in [1.29, 1.82) is 0 Å². The summed E-state index contributed by atoms with van der Waals surface area (Å²) in [6.07, 6.45) is 3.89. The summed E-state index contributed by atoms with van der Waals surface area (Å²) in [5.74, 6) is -4.32. The number of aromatic nitrogens is 1. The molecule has 9 atom stereocenters. The van der Waals surface area contributed by atoms with E-state index in [2.05, 4.69) is 26.3 Å². The average Bonchev–Trinajstić information content (AvgIpc) is 4.03. The van der Waals surface area contributed by atoms with Crippen molar-refractivity contribution in [2.45, 2.75) is 149 Å². The van der Waals surface area contributed by atoms with Crippen molar-refractivity contribution in [2.24, 2.45) is 29.4 Å². The van der Waals surface area contributed by atoms with Gasteiger partial charge in [-0.15, -0.1) is 11.3 Å². The molecule has 19 heteroatoms. The van der Waals surface area contributed by atoms with Crippen LogP contribution in [0.15, 0.2) is 41.9 Å². The van der Waals surface area contributed by atoms with Crippen LogP contribution in [0.1, 0.15) is 111 Å². The summed E-state index contributed by atoms with van der Waals surface area (Å²) in [5, 5.41) is 14.0. The van der Waals surface area contributed by atoms with Crippen LogP contribution in [0.3, 0.4) is 0 Å². The number of benzene rings is 1. The van der Waals surface area contributed by atoms with Gasteiger partial charge in [0.05, 0.1) is 49.2 Å². The maximum absolute atomic E-state index is 14.5. The second kappa shape index (κ2) is 28.6. The average molecular weight is 984 g/mol. The molecule has 1 aromatic heterocycles. The van der Waals surface area contributed by atoms with Gasteiger partial charge in [-0.3, -0.25) is 33.6 Å². The van der Waals surface area contributed by atoms with Crippen LogP contribution in [0, 0.1) is 23.7 Å². The minimum Gasteiger partial charge on any atom is -0.379 e. The van der Waals surface area contributed by atoms with Gasteiger partial charge in [0.1, 0.15) is 23.1 Å². The molecule has 7 amide bonds. The van der Waals surface area contributed by atoms with Crippen LogP contribution in [-0.4, -0.2) is 151 Å². The molecule has 18 nitrogen and oxygen atoms in total. The summed E-state index contributed by atoms with van der Waals surface area (Å²) in [5.41, 5.74) is 6.66. The minimum atomic E-state index is -1.01.